The number of carbonyl (C=O) groups is 4. The Bertz CT molecular complexity index is 1240. The van der Waals surface area contributed by atoms with Crippen LogP contribution in [0.2, 0.25) is 0 Å². The second-order valence-corrected chi connectivity index (χ2v) is 10.6. The average molecular weight is 487 g/mol. The summed E-state index contributed by atoms with van der Waals surface area (Å²) in [5.74, 6) is -1.99. The van der Waals surface area contributed by atoms with Gasteiger partial charge in [0.05, 0.1) is 11.1 Å². The van der Waals surface area contributed by atoms with Crippen molar-refractivity contribution in [3.8, 4) is 0 Å². The first-order valence-corrected chi connectivity index (χ1v) is 12.8. The van der Waals surface area contributed by atoms with Crippen LogP contribution in [0.3, 0.4) is 0 Å². The lowest BCUT2D eigenvalue weighted by Gasteiger charge is -2.32. The predicted octanol–water partition coefficient (Wildman–Crippen LogP) is 3.08. The normalized spacial score (nSPS) is 23.1. The number of fused-ring (bicyclic) bond motifs is 1. The minimum Gasteiger partial charge on any atom is -0.380 e. The highest BCUT2D eigenvalue weighted by atomic mass is 16.2. The number of imide groups is 2. The molecule has 0 radical (unpaired) electrons. The first-order valence-electron chi connectivity index (χ1n) is 12.8. The monoisotopic (exact) mass is 486 g/mol. The molecule has 4 aliphatic rings. The van der Waals surface area contributed by atoms with E-state index in [1.807, 2.05) is 0 Å². The van der Waals surface area contributed by atoms with Crippen LogP contribution in [-0.2, 0) is 22.7 Å². The fourth-order valence-electron chi connectivity index (χ4n) is 5.74. The Labute approximate surface area is 210 Å². The van der Waals surface area contributed by atoms with Crippen LogP contribution >= 0.6 is 0 Å². The van der Waals surface area contributed by atoms with E-state index >= 15 is 0 Å². The number of piperidine rings is 2. The summed E-state index contributed by atoms with van der Waals surface area (Å²) < 4.78 is 0. The van der Waals surface area contributed by atoms with Crippen LogP contribution in [-0.4, -0.2) is 52.6 Å². The number of benzene rings is 2. The Morgan fingerprint density at radius 2 is 1.61 bits per heavy atom. The fourth-order valence-corrected chi connectivity index (χ4v) is 5.74. The van der Waals surface area contributed by atoms with Crippen molar-refractivity contribution in [2.24, 2.45) is 5.41 Å². The molecule has 0 bridgehead atoms. The third-order valence-electron chi connectivity index (χ3n) is 8.25. The van der Waals surface area contributed by atoms with Crippen LogP contribution in [0.25, 0.3) is 0 Å². The molecule has 2 aromatic rings. The molecule has 3 heterocycles. The van der Waals surface area contributed by atoms with Gasteiger partial charge < -0.3 is 5.32 Å². The lowest BCUT2D eigenvalue weighted by atomic mass is 9.93. The summed E-state index contributed by atoms with van der Waals surface area (Å²) in [6.45, 7) is 3.85. The quantitative estimate of drug-likeness (QED) is 0.609. The Morgan fingerprint density at radius 3 is 2.31 bits per heavy atom. The van der Waals surface area contributed by atoms with E-state index in [0.29, 0.717) is 17.6 Å². The van der Waals surface area contributed by atoms with Gasteiger partial charge in [-0.2, -0.15) is 0 Å². The third kappa shape index (κ3) is 4.19. The highest BCUT2D eigenvalue weighted by Gasteiger charge is 2.46. The molecule has 2 saturated heterocycles. The summed E-state index contributed by atoms with van der Waals surface area (Å²) in [5, 5.41) is 5.54. The topological polar surface area (TPSA) is 98.8 Å². The van der Waals surface area contributed by atoms with Crippen molar-refractivity contribution in [3.63, 3.8) is 0 Å². The van der Waals surface area contributed by atoms with Gasteiger partial charge in [0.25, 0.3) is 11.8 Å². The molecule has 1 atom stereocenters. The molecule has 36 heavy (non-hydrogen) atoms. The number of nitrogens with one attached hydrogen (secondary N) is 2. The van der Waals surface area contributed by atoms with Crippen LogP contribution in [0.5, 0.6) is 0 Å². The maximum atomic E-state index is 13.2. The van der Waals surface area contributed by atoms with Crippen molar-refractivity contribution in [3.05, 3.63) is 64.7 Å². The van der Waals surface area contributed by atoms with Crippen molar-refractivity contribution < 1.29 is 19.2 Å². The third-order valence-corrected chi connectivity index (χ3v) is 8.25. The molecular weight excluding hydrogens is 456 g/mol. The largest absolute Gasteiger partial charge is 0.380 e. The summed E-state index contributed by atoms with van der Waals surface area (Å²) in [7, 11) is 0. The van der Waals surface area contributed by atoms with Gasteiger partial charge in [-0.1, -0.05) is 30.3 Å². The minimum absolute atomic E-state index is 0.101. The number of nitrogens with zero attached hydrogens (tertiary/aromatic N) is 2. The van der Waals surface area contributed by atoms with E-state index < -0.39 is 23.8 Å². The predicted molar refractivity (Wildman–Crippen MR) is 133 cm³/mol. The summed E-state index contributed by atoms with van der Waals surface area (Å²) >= 11 is 0. The molecule has 8 nitrogen and oxygen atoms in total. The Kier molecular flexibility index (Phi) is 5.63. The molecule has 3 aliphatic heterocycles. The lowest BCUT2D eigenvalue weighted by Crippen LogP contribution is -2.54. The number of amides is 4. The molecule has 1 spiro atoms. The number of anilines is 1. The SMILES string of the molecule is O=C1CCC(N2C(=O)c3cccc(NCc4ccc(CN5CCC6(CC5)CC6)cc4)c3C2=O)C(=O)N1. The van der Waals surface area contributed by atoms with Gasteiger partial charge in [-0.15, -0.1) is 0 Å². The molecule has 186 valence electrons. The van der Waals surface area contributed by atoms with E-state index in [1.165, 1.54) is 44.3 Å². The van der Waals surface area contributed by atoms with Crippen molar-refractivity contribution in [2.75, 3.05) is 18.4 Å². The van der Waals surface area contributed by atoms with Gasteiger partial charge >= 0.3 is 0 Å². The van der Waals surface area contributed by atoms with E-state index in [1.54, 1.807) is 18.2 Å². The Hall–Kier alpha value is -3.52. The molecule has 6 rings (SSSR count). The van der Waals surface area contributed by atoms with E-state index in [4.69, 9.17) is 0 Å². The minimum atomic E-state index is -0.967. The molecule has 1 saturated carbocycles. The first-order chi connectivity index (χ1) is 17.4. The van der Waals surface area contributed by atoms with Gasteiger partial charge in [0.2, 0.25) is 11.8 Å². The van der Waals surface area contributed by atoms with Gasteiger partial charge in [0.15, 0.2) is 0 Å². The second kappa shape index (κ2) is 8.85. The summed E-state index contributed by atoms with van der Waals surface area (Å²) in [5.41, 5.74) is 4.18. The molecule has 2 N–H and O–H groups in total. The number of hydrogen-bond donors (Lipinski definition) is 2. The Morgan fingerprint density at radius 1 is 0.889 bits per heavy atom. The molecular formula is C28H30N4O4. The smallest absolute Gasteiger partial charge is 0.264 e. The summed E-state index contributed by atoms with van der Waals surface area (Å²) in [6, 6.07) is 12.7. The molecule has 4 amide bonds. The van der Waals surface area contributed by atoms with Crippen LogP contribution in [0, 0.1) is 5.41 Å². The van der Waals surface area contributed by atoms with E-state index in [9.17, 15) is 19.2 Å². The second-order valence-electron chi connectivity index (χ2n) is 10.6. The van der Waals surface area contributed by atoms with Gasteiger partial charge in [0, 0.05) is 25.2 Å². The van der Waals surface area contributed by atoms with E-state index in [0.717, 1.165) is 17.0 Å². The van der Waals surface area contributed by atoms with Crippen LogP contribution in [0.1, 0.15) is 70.4 Å². The fraction of sp³-hybridized carbons (Fsp3) is 0.429. The van der Waals surface area contributed by atoms with E-state index in [-0.39, 0.29) is 29.9 Å². The van der Waals surface area contributed by atoms with Crippen LogP contribution in [0.15, 0.2) is 42.5 Å². The maximum absolute atomic E-state index is 13.2. The standard InChI is InChI=1S/C28H30N4O4/c33-23-9-8-22(25(34)30-23)32-26(35)20-2-1-3-21(24(20)27(32)36)29-16-18-4-6-19(7-5-18)17-31-14-12-28(10-11-28)13-15-31/h1-7,22,29H,8-17H2,(H,30,33,34). The molecule has 2 aromatic carbocycles. The van der Waals surface area contributed by atoms with Crippen LogP contribution in [0.4, 0.5) is 5.69 Å². The maximum Gasteiger partial charge on any atom is 0.264 e. The van der Waals surface area contributed by atoms with Crippen molar-refractivity contribution in [1.29, 1.82) is 0 Å². The summed E-state index contributed by atoms with van der Waals surface area (Å²) in [6.07, 6.45) is 5.74. The zero-order valence-electron chi connectivity index (χ0n) is 20.2. The number of carbonyl (C=O) groups excluding carboxylic acids is 4. The molecule has 0 aromatic heterocycles. The average Bonchev–Trinajstić information content (AvgIpc) is 3.59. The van der Waals surface area contributed by atoms with Crippen molar-refractivity contribution in [1.82, 2.24) is 15.1 Å². The Balaban J connectivity index is 1.11. The van der Waals surface area contributed by atoms with E-state index in [2.05, 4.69) is 39.8 Å². The highest BCUT2D eigenvalue weighted by Crippen LogP contribution is 2.53. The van der Waals surface area contributed by atoms with Gasteiger partial charge in [-0.25, -0.2) is 0 Å². The number of rotatable bonds is 6. The zero-order valence-corrected chi connectivity index (χ0v) is 20.2. The lowest BCUT2D eigenvalue weighted by molar-refractivity contribution is -0.136. The van der Waals surface area contributed by atoms with Crippen molar-refractivity contribution in [2.45, 2.75) is 57.7 Å². The number of likely N-dealkylation sites (tertiary alicyclic amines) is 1. The molecule has 1 unspecified atom stereocenters. The van der Waals surface area contributed by atoms with Crippen LogP contribution < -0.4 is 10.6 Å². The van der Waals surface area contributed by atoms with Gasteiger partial charge in [0.1, 0.15) is 6.04 Å². The highest BCUT2D eigenvalue weighted by molar-refractivity contribution is 6.25. The van der Waals surface area contributed by atoms with Crippen molar-refractivity contribution >= 4 is 29.3 Å². The molecule has 8 heteroatoms. The zero-order chi connectivity index (χ0) is 24.9. The first kappa shape index (κ1) is 22.9. The molecule has 3 fully saturated rings. The summed E-state index contributed by atoms with van der Waals surface area (Å²) in [4.78, 5) is 53.6. The van der Waals surface area contributed by atoms with Gasteiger partial charge in [-0.05, 0) is 73.9 Å². The number of hydrogen-bond acceptors (Lipinski definition) is 6. The molecule has 1 aliphatic carbocycles. The van der Waals surface area contributed by atoms with Gasteiger partial charge in [-0.3, -0.25) is 34.3 Å².